The third-order valence-corrected chi connectivity index (χ3v) is 7.69. The van der Waals surface area contributed by atoms with Crippen LogP contribution in [0.25, 0.3) is 17.4 Å². The lowest BCUT2D eigenvalue weighted by atomic mass is 9.96. The van der Waals surface area contributed by atoms with E-state index in [1.165, 1.54) is 22.0 Å². The molecule has 198 valence electrons. The van der Waals surface area contributed by atoms with Gasteiger partial charge in [-0.3, -0.25) is 9.36 Å². The molecular formula is C29H23ClN2O6S. The lowest BCUT2D eigenvalue weighted by Crippen LogP contribution is -2.40. The Morgan fingerprint density at radius 2 is 1.95 bits per heavy atom. The molecule has 5 rings (SSSR count). The molecule has 3 heterocycles. The van der Waals surface area contributed by atoms with Crippen molar-refractivity contribution in [2.45, 2.75) is 26.8 Å². The van der Waals surface area contributed by atoms with E-state index < -0.39 is 18.0 Å². The fraction of sp³-hybridized carbons (Fsp3) is 0.172. The number of fused-ring (bicyclic) bond motifs is 1. The standard InChI is InChI=1S/C29H23ClN2O6S/c1-4-37-28(36)24-16(3)31-29-32(25(24)19-7-5-6-8-21(19)30)26(33)23(39-29)14-18-11-12-22(38-18)20-13-17(27(34)35)10-9-15(20)2/h5-14,25H,4H2,1-3H3,(H,34,35)/b23-14-/t25-/m0/s1. The van der Waals surface area contributed by atoms with Crippen LogP contribution >= 0.6 is 22.9 Å². The molecule has 1 atom stereocenters. The minimum Gasteiger partial charge on any atom is -0.478 e. The van der Waals surface area contributed by atoms with Gasteiger partial charge in [-0.05, 0) is 62.2 Å². The molecule has 0 unspecified atom stereocenters. The largest absolute Gasteiger partial charge is 0.478 e. The number of benzene rings is 2. The zero-order chi connectivity index (χ0) is 27.8. The van der Waals surface area contributed by atoms with E-state index in [2.05, 4.69) is 4.99 Å². The predicted octanol–water partition coefficient (Wildman–Crippen LogP) is 4.72. The van der Waals surface area contributed by atoms with Crippen LogP contribution in [0.15, 0.2) is 80.1 Å². The summed E-state index contributed by atoms with van der Waals surface area (Å²) in [6.45, 7) is 5.45. The van der Waals surface area contributed by atoms with Crippen LogP contribution in [0.3, 0.4) is 0 Å². The summed E-state index contributed by atoms with van der Waals surface area (Å²) < 4.78 is 13.1. The number of carboxylic acid groups (broad SMARTS) is 1. The van der Waals surface area contributed by atoms with Gasteiger partial charge in [-0.2, -0.15) is 0 Å². The number of aromatic nitrogens is 1. The number of aryl methyl sites for hydroxylation is 1. The Kier molecular flexibility index (Phi) is 7.12. The summed E-state index contributed by atoms with van der Waals surface area (Å²) in [4.78, 5) is 43.2. The van der Waals surface area contributed by atoms with E-state index in [4.69, 9.17) is 20.8 Å². The first kappa shape index (κ1) is 26.4. The Hall–Kier alpha value is -4.21. The second kappa shape index (κ2) is 10.5. The second-order valence-electron chi connectivity index (χ2n) is 8.86. The van der Waals surface area contributed by atoms with Crippen molar-refractivity contribution in [2.75, 3.05) is 6.61 Å². The van der Waals surface area contributed by atoms with Gasteiger partial charge < -0.3 is 14.3 Å². The molecule has 8 nitrogen and oxygen atoms in total. The topological polar surface area (TPSA) is 111 Å². The molecule has 0 bridgehead atoms. The number of halogens is 1. The molecule has 1 aliphatic rings. The van der Waals surface area contributed by atoms with E-state index in [9.17, 15) is 19.5 Å². The van der Waals surface area contributed by atoms with Crippen molar-refractivity contribution in [3.63, 3.8) is 0 Å². The highest BCUT2D eigenvalue weighted by Crippen LogP contribution is 2.34. The molecular weight excluding hydrogens is 540 g/mol. The van der Waals surface area contributed by atoms with Crippen LogP contribution in [-0.2, 0) is 9.53 Å². The van der Waals surface area contributed by atoms with E-state index in [1.807, 2.05) is 6.92 Å². The third-order valence-electron chi connectivity index (χ3n) is 6.37. The number of furan rings is 1. The number of carbonyl (C=O) groups excluding carboxylic acids is 1. The van der Waals surface area contributed by atoms with Gasteiger partial charge in [-0.1, -0.05) is 47.2 Å². The number of carboxylic acids is 1. The fourth-order valence-corrected chi connectivity index (χ4v) is 5.77. The number of aromatic carboxylic acids is 1. The quantitative estimate of drug-likeness (QED) is 0.340. The Morgan fingerprint density at radius 3 is 2.67 bits per heavy atom. The van der Waals surface area contributed by atoms with Crippen molar-refractivity contribution in [3.8, 4) is 11.3 Å². The van der Waals surface area contributed by atoms with Crippen molar-refractivity contribution in [3.05, 3.63) is 113 Å². The maximum Gasteiger partial charge on any atom is 0.338 e. The van der Waals surface area contributed by atoms with Gasteiger partial charge >= 0.3 is 11.9 Å². The summed E-state index contributed by atoms with van der Waals surface area (Å²) >= 11 is 7.70. The number of esters is 1. The number of nitrogens with zero attached hydrogens (tertiary/aromatic N) is 2. The summed E-state index contributed by atoms with van der Waals surface area (Å²) in [7, 11) is 0. The van der Waals surface area contributed by atoms with Crippen molar-refractivity contribution in [1.82, 2.24) is 4.57 Å². The summed E-state index contributed by atoms with van der Waals surface area (Å²) in [6.07, 6.45) is 1.61. The predicted molar refractivity (Wildman–Crippen MR) is 148 cm³/mol. The molecule has 0 spiro atoms. The first-order valence-electron chi connectivity index (χ1n) is 12.1. The van der Waals surface area contributed by atoms with Crippen LogP contribution in [0, 0.1) is 6.92 Å². The minimum atomic E-state index is -1.03. The highest BCUT2D eigenvalue weighted by Gasteiger charge is 2.34. The average molecular weight is 563 g/mol. The molecule has 2 aromatic carbocycles. The second-order valence-corrected chi connectivity index (χ2v) is 10.3. The van der Waals surface area contributed by atoms with Crippen LogP contribution in [0.1, 0.15) is 47.1 Å². The van der Waals surface area contributed by atoms with Gasteiger partial charge in [0.2, 0.25) is 0 Å². The molecule has 2 aromatic heterocycles. The van der Waals surface area contributed by atoms with E-state index in [0.717, 1.165) is 5.56 Å². The first-order chi connectivity index (χ1) is 18.7. The van der Waals surface area contributed by atoms with Crippen LogP contribution in [0.4, 0.5) is 0 Å². The SMILES string of the molecule is CCOC(=O)C1=C(C)N=c2s/c(=C\c3ccc(-c4cc(C(=O)O)ccc4C)o3)c(=O)n2[C@H]1c1ccccc1Cl. The smallest absolute Gasteiger partial charge is 0.338 e. The number of allylic oxidation sites excluding steroid dienone is 1. The number of thiazole rings is 1. The maximum absolute atomic E-state index is 13.8. The van der Waals surface area contributed by atoms with Gasteiger partial charge in [0.15, 0.2) is 4.80 Å². The molecule has 1 aliphatic heterocycles. The fourth-order valence-electron chi connectivity index (χ4n) is 4.51. The Balaban J connectivity index is 1.64. The summed E-state index contributed by atoms with van der Waals surface area (Å²) in [5.74, 6) is -0.711. The van der Waals surface area contributed by atoms with Crippen LogP contribution < -0.4 is 14.9 Å². The van der Waals surface area contributed by atoms with Gasteiger partial charge in [0.05, 0.1) is 28.0 Å². The molecule has 0 saturated heterocycles. The van der Waals surface area contributed by atoms with Crippen LogP contribution in [0.5, 0.6) is 0 Å². The van der Waals surface area contributed by atoms with Crippen molar-refractivity contribution in [2.24, 2.45) is 4.99 Å². The molecule has 0 saturated carbocycles. The minimum absolute atomic E-state index is 0.147. The molecule has 10 heteroatoms. The number of hydrogen-bond acceptors (Lipinski definition) is 7. The molecule has 0 amide bonds. The zero-order valence-corrected chi connectivity index (χ0v) is 22.8. The molecule has 0 aliphatic carbocycles. The van der Waals surface area contributed by atoms with Crippen molar-refractivity contribution in [1.29, 1.82) is 0 Å². The number of carbonyl (C=O) groups is 2. The van der Waals surface area contributed by atoms with Gasteiger partial charge in [-0.15, -0.1) is 0 Å². The first-order valence-corrected chi connectivity index (χ1v) is 13.3. The summed E-state index contributed by atoms with van der Waals surface area (Å²) in [5.41, 5.74) is 2.55. The van der Waals surface area contributed by atoms with Gasteiger partial charge in [0, 0.05) is 16.7 Å². The van der Waals surface area contributed by atoms with E-state index in [-0.39, 0.29) is 23.3 Å². The molecule has 39 heavy (non-hydrogen) atoms. The van der Waals surface area contributed by atoms with Crippen molar-refractivity contribution < 1.29 is 23.8 Å². The van der Waals surface area contributed by atoms with E-state index in [1.54, 1.807) is 68.5 Å². The van der Waals surface area contributed by atoms with Gasteiger partial charge in [-0.25, -0.2) is 14.6 Å². The Morgan fingerprint density at radius 1 is 1.18 bits per heavy atom. The maximum atomic E-state index is 13.8. The summed E-state index contributed by atoms with van der Waals surface area (Å²) in [6, 6.07) is 14.5. The monoisotopic (exact) mass is 562 g/mol. The van der Waals surface area contributed by atoms with Gasteiger partial charge in [0.25, 0.3) is 5.56 Å². The third kappa shape index (κ3) is 4.86. The lowest BCUT2D eigenvalue weighted by Gasteiger charge is -2.25. The Labute approximate surface area is 231 Å². The Bertz CT molecular complexity index is 1850. The number of hydrogen-bond donors (Lipinski definition) is 1. The average Bonchev–Trinajstić information content (AvgIpc) is 3.48. The summed E-state index contributed by atoms with van der Waals surface area (Å²) in [5, 5.41) is 9.76. The highest BCUT2D eigenvalue weighted by molar-refractivity contribution is 7.07. The van der Waals surface area contributed by atoms with E-state index in [0.29, 0.717) is 42.7 Å². The number of ether oxygens (including phenoxy) is 1. The normalized spacial score (nSPS) is 15.2. The van der Waals surface area contributed by atoms with Crippen LogP contribution in [-0.4, -0.2) is 28.2 Å². The molecule has 1 N–H and O–H groups in total. The number of rotatable bonds is 6. The highest BCUT2D eigenvalue weighted by atomic mass is 35.5. The molecule has 0 radical (unpaired) electrons. The molecule has 0 fully saturated rings. The van der Waals surface area contributed by atoms with E-state index >= 15 is 0 Å². The lowest BCUT2D eigenvalue weighted by molar-refractivity contribution is -0.139. The molecule has 4 aromatic rings. The van der Waals surface area contributed by atoms with Crippen LogP contribution in [0.2, 0.25) is 5.02 Å². The van der Waals surface area contributed by atoms with Crippen molar-refractivity contribution >= 4 is 41.0 Å². The van der Waals surface area contributed by atoms with Gasteiger partial charge in [0.1, 0.15) is 17.6 Å². The zero-order valence-electron chi connectivity index (χ0n) is 21.2.